The van der Waals surface area contributed by atoms with Gasteiger partial charge in [-0.1, -0.05) is 29.3 Å². The quantitative estimate of drug-likeness (QED) is 0.211. The van der Waals surface area contributed by atoms with E-state index in [2.05, 4.69) is 35.6 Å². The first-order valence-electron chi connectivity index (χ1n) is 14.9. The van der Waals surface area contributed by atoms with Crippen molar-refractivity contribution in [3.63, 3.8) is 0 Å². The van der Waals surface area contributed by atoms with Crippen molar-refractivity contribution in [2.75, 3.05) is 13.2 Å². The van der Waals surface area contributed by atoms with Crippen molar-refractivity contribution in [1.82, 2.24) is 0 Å². The second-order valence-electron chi connectivity index (χ2n) is 12.3. The molecule has 2 aromatic carbocycles. The highest BCUT2D eigenvalue weighted by Crippen LogP contribution is 2.37. The van der Waals surface area contributed by atoms with Gasteiger partial charge in [0, 0.05) is 27.3 Å². The molecule has 0 N–H and O–H groups in total. The molecule has 6 nitrogen and oxygen atoms in total. The van der Waals surface area contributed by atoms with E-state index in [1.54, 1.807) is 0 Å². The third-order valence-electron chi connectivity index (χ3n) is 8.47. The highest BCUT2D eigenvalue weighted by Gasteiger charge is 2.52. The lowest BCUT2D eigenvalue weighted by Crippen LogP contribution is -2.41. The summed E-state index contributed by atoms with van der Waals surface area (Å²) in [6.07, 6.45) is 6.44. The zero-order valence-corrected chi connectivity index (χ0v) is 29.4. The Kier molecular flexibility index (Phi) is 12.5. The number of halogens is 3. The molecule has 0 aliphatic carbocycles. The van der Waals surface area contributed by atoms with E-state index in [1.807, 2.05) is 52.8 Å². The molecule has 232 valence electrons. The lowest BCUT2D eigenvalue weighted by atomic mass is 9.77. The summed E-state index contributed by atoms with van der Waals surface area (Å²) in [6.45, 7) is 15.0. The van der Waals surface area contributed by atoms with Gasteiger partial charge in [-0.05, 0) is 143 Å². The molecule has 2 aromatic rings. The summed E-state index contributed by atoms with van der Waals surface area (Å²) in [7, 11) is -0.470. The van der Waals surface area contributed by atoms with Gasteiger partial charge in [0.15, 0.2) is 12.6 Å². The van der Waals surface area contributed by atoms with E-state index in [0.29, 0.717) is 18.2 Å². The van der Waals surface area contributed by atoms with Crippen LogP contribution in [-0.4, -0.2) is 44.1 Å². The van der Waals surface area contributed by atoms with Crippen molar-refractivity contribution < 1.29 is 28.3 Å². The fourth-order valence-electron chi connectivity index (χ4n) is 4.94. The minimum Gasteiger partial charge on any atom is -0.399 e. The Morgan fingerprint density at radius 1 is 0.762 bits per heavy atom. The highest BCUT2D eigenvalue weighted by molar-refractivity contribution is 14.1. The topological polar surface area (TPSA) is 55.4 Å². The van der Waals surface area contributed by atoms with Crippen molar-refractivity contribution in [3.8, 4) is 0 Å². The Balaban J connectivity index is 0.000000208. The van der Waals surface area contributed by atoms with Gasteiger partial charge in [0.05, 0.1) is 29.4 Å². The molecule has 5 rings (SSSR count). The standard InChI is InChI=1S/C19H28BClO4.C13H16ClIO2/c1-13-10-16(21)15(20-24-18(2,3)19(4,5)25-20)11-14(13)12-23-17-8-6-7-9-22-17;1-9-6-11(14)12(15)7-10(9)8-17-13-4-2-3-5-16-13/h10-11,17H,6-9,12H2,1-5H3;6-7,13H,2-5,8H2,1H3. The van der Waals surface area contributed by atoms with Crippen molar-refractivity contribution >= 4 is 58.4 Å². The molecule has 3 saturated heterocycles. The predicted octanol–water partition coefficient (Wildman–Crippen LogP) is 8.29. The first-order valence-corrected chi connectivity index (χ1v) is 16.8. The molecule has 3 aliphatic heterocycles. The Hall–Kier alpha value is -0.425. The predicted molar refractivity (Wildman–Crippen MR) is 178 cm³/mol. The molecule has 0 aromatic heterocycles. The van der Waals surface area contributed by atoms with E-state index in [-0.39, 0.29) is 12.6 Å². The summed E-state index contributed by atoms with van der Waals surface area (Å²) in [6, 6.07) is 8.08. The number of benzene rings is 2. The van der Waals surface area contributed by atoms with Gasteiger partial charge in [0.1, 0.15) is 0 Å². The maximum absolute atomic E-state index is 6.49. The number of hydrogen-bond donors (Lipinski definition) is 0. The van der Waals surface area contributed by atoms with Crippen molar-refractivity contribution in [2.24, 2.45) is 0 Å². The van der Waals surface area contributed by atoms with E-state index >= 15 is 0 Å². The SMILES string of the molecule is Cc1cc(Cl)c(B2OC(C)(C)C(C)(C)O2)cc1COC1CCCCO1.Cc1cc(Cl)c(I)cc1COC1CCCCO1. The van der Waals surface area contributed by atoms with Crippen LogP contribution in [0.4, 0.5) is 0 Å². The third kappa shape index (κ3) is 9.07. The molecule has 0 saturated carbocycles. The Labute approximate surface area is 275 Å². The van der Waals surface area contributed by atoms with Crippen molar-refractivity contribution in [2.45, 2.75) is 117 Å². The average molecular weight is 733 g/mol. The van der Waals surface area contributed by atoms with Gasteiger partial charge in [-0.15, -0.1) is 0 Å². The molecule has 0 spiro atoms. The molecule has 2 atom stereocenters. The Morgan fingerprint density at radius 2 is 1.24 bits per heavy atom. The Bertz CT molecular complexity index is 1180. The van der Waals surface area contributed by atoms with Crippen LogP contribution in [0.3, 0.4) is 0 Å². The van der Waals surface area contributed by atoms with Crippen LogP contribution in [0.5, 0.6) is 0 Å². The summed E-state index contributed by atoms with van der Waals surface area (Å²) in [4.78, 5) is 0. The molecule has 0 radical (unpaired) electrons. The fraction of sp³-hybridized carbons (Fsp3) is 0.625. The minimum atomic E-state index is -0.470. The summed E-state index contributed by atoms with van der Waals surface area (Å²) in [5.41, 5.74) is 4.62. The number of ether oxygens (including phenoxy) is 4. The molecule has 10 heteroatoms. The number of rotatable bonds is 7. The van der Waals surface area contributed by atoms with Gasteiger partial charge in [-0.25, -0.2) is 0 Å². The van der Waals surface area contributed by atoms with E-state index in [9.17, 15) is 0 Å². The third-order valence-corrected chi connectivity index (χ3v) is 10.3. The van der Waals surface area contributed by atoms with Gasteiger partial charge in [-0.2, -0.15) is 0 Å². The fourth-order valence-corrected chi connectivity index (χ4v) is 5.99. The van der Waals surface area contributed by atoms with Crippen LogP contribution >= 0.6 is 45.8 Å². The van der Waals surface area contributed by atoms with E-state index in [0.717, 1.165) is 70.5 Å². The van der Waals surface area contributed by atoms with Crippen LogP contribution in [0.15, 0.2) is 24.3 Å². The Morgan fingerprint density at radius 3 is 1.71 bits per heavy atom. The first-order chi connectivity index (χ1) is 19.9. The summed E-state index contributed by atoms with van der Waals surface area (Å²) < 4.78 is 36.3. The molecule has 42 heavy (non-hydrogen) atoms. The lowest BCUT2D eigenvalue weighted by Gasteiger charge is -2.32. The molecule has 3 aliphatic rings. The molecule has 0 bridgehead atoms. The highest BCUT2D eigenvalue weighted by atomic mass is 127. The van der Waals surface area contributed by atoms with Gasteiger partial charge in [0.2, 0.25) is 0 Å². The zero-order chi connectivity index (χ0) is 30.5. The average Bonchev–Trinajstić information content (AvgIpc) is 3.17. The summed E-state index contributed by atoms with van der Waals surface area (Å²) >= 11 is 14.8. The molecule has 3 heterocycles. The lowest BCUT2D eigenvalue weighted by molar-refractivity contribution is -0.169. The molecular formula is C32H44BCl2IO6. The minimum absolute atomic E-state index is 0.0310. The van der Waals surface area contributed by atoms with Crippen LogP contribution in [0, 0.1) is 17.4 Å². The first kappa shape index (κ1) is 34.4. The monoisotopic (exact) mass is 732 g/mol. The normalized spacial score (nSPS) is 23.4. The maximum atomic E-state index is 6.49. The largest absolute Gasteiger partial charge is 0.496 e. The number of aryl methyl sites for hydroxylation is 2. The second kappa shape index (κ2) is 15.2. The van der Waals surface area contributed by atoms with E-state index < -0.39 is 18.3 Å². The second-order valence-corrected chi connectivity index (χ2v) is 14.3. The maximum Gasteiger partial charge on any atom is 0.496 e. The number of hydrogen-bond acceptors (Lipinski definition) is 6. The molecular weight excluding hydrogens is 689 g/mol. The molecule has 3 fully saturated rings. The van der Waals surface area contributed by atoms with Crippen LogP contribution < -0.4 is 5.46 Å². The van der Waals surface area contributed by atoms with Gasteiger partial charge in [-0.3, -0.25) is 0 Å². The van der Waals surface area contributed by atoms with Crippen LogP contribution in [0.2, 0.25) is 10.0 Å². The van der Waals surface area contributed by atoms with E-state index in [1.165, 1.54) is 17.5 Å². The molecule has 0 amide bonds. The van der Waals surface area contributed by atoms with Gasteiger partial charge in [0.25, 0.3) is 0 Å². The smallest absolute Gasteiger partial charge is 0.399 e. The molecule has 2 unspecified atom stereocenters. The van der Waals surface area contributed by atoms with Crippen molar-refractivity contribution in [3.05, 3.63) is 60.1 Å². The zero-order valence-electron chi connectivity index (χ0n) is 25.7. The van der Waals surface area contributed by atoms with Crippen LogP contribution in [-0.2, 0) is 41.5 Å². The van der Waals surface area contributed by atoms with Gasteiger partial charge >= 0.3 is 7.12 Å². The van der Waals surface area contributed by atoms with Crippen molar-refractivity contribution in [1.29, 1.82) is 0 Å². The van der Waals surface area contributed by atoms with E-state index in [4.69, 9.17) is 51.5 Å². The van der Waals surface area contributed by atoms with Gasteiger partial charge < -0.3 is 28.3 Å². The summed E-state index contributed by atoms with van der Waals surface area (Å²) in [5.74, 6) is 0. The van der Waals surface area contributed by atoms with Crippen LogP contribution in [0.1, 0.15) is 88.5 Å². The van der Waals surface area contributed by atoms with Crippen LogP contribution in [0.25, 0.3) is 0 Å². The summed E-state index contributed by atoms with van der Waals surface area (Å²) in [5, 5.41) is 1.47.